The Balaban J connectivity index is 1.81. The van der Waals surface area contributed by atoms with Crippen molar-refractivity contribution in [3.05, 3.63) is 48.0 Å². The molecule has 3 nitrogen and oxygen atoms in total. The van der Waals surface area contributed by atoms with E-state index in [4.69, 9.17) is 0 Å². The van der Waals surface area contributed by atoms with Crippen molar-refractivity contribution in [3.8, 4) is 0 Å². The first kappa shape index (κ1) is 17.0. The zero-order chi connectivity index (χ0) is 17.2. The van der Waals surface area contributed by atoms with Crippen LogP contribution in [0.5, 0.6) is 0 Å². The zero-order valence-electron chi connectivity index (χ0n) is 15.0. The lowest BCUT2D eigenvalue weighted by atomic mass is 9.88. The summed E-state index contributed by atoms with van der Waals surface area (Å²) in [6.07, 6.45) is 2.11. The van der Waals surface area contributed by atoms with Crippen molar-refractivity contribution < 1.29 is 4.79 Å². The molecule has 24 heavy (non-hydrogen) atoms. The number of carbonyl (C=O) groups excluding carboxylic acids is 1. The molecule has 1 aliphatic rings. The van der Waals surface area contributed by atoms with E-state index in [1.807, 2.05) is 0 Å². The summed E-state index contributed by atoms with van der Waals surface area (Å²) < 4.78 is 0. The second kappa shape index (κ2) is 6.94. The Bertz CT molecular complexity index is 717. The molecule has 128 valence electrons. The van der Waals surface area contributed by atoms with Crippen LogP contribution < -0.4 is 5.32 Å². The monoisotopic (exact) mass is 324 g/mol. The van der Waals surface area contributed by atoms with Gasteiger partial charge in [-0.2, -0.15) is 0 Å². The third-order valence-electron chi connectivity index (χ3n) is 5.22. The van der Waals surface area contributed by atoms with Crippen LogP contribution in [-0.4, -0.2) is 30.4 Å². The number of hydrogen-bond donors (Lipinski definition) is 1. The number of benzene rings is 2. The van der Waals surface area contributed by atoms with Gasteiger partial charge in [-0.1, -0.05) is 49.4 Å². The minimum absolute atomic E-state index is 0.105. The summed E-state index contributed by atoms with van der Waals surface area (Å²) in [4.78, 5) is 15.2. The normalized spacial score (nSPS) is 19.4. The SMILES string of the molecule is CCN1CCCC(C(=O)NC(C)(C)c2cccc3ccccc23)C1. The summed E-state index contributed by atoms with van der Waals surface area (Å²) in [5.74, 6) is 0.291. The van der Waals surface area contributed by atoms with Crippen LogP contribution in [0.4, 0.5) is 0 Å². The molecule has 1 atom stereocenters. The maximum Gasteiger partial charge on any atom is 0.225 e. The Kier molecular flexibility index (Phi) is 4.91. The highest BCUT2D eigenvalue weighted by molar-refractivity contribution is 5.87. The predicted octanol–water partition coefficient (Wildman–Crippen LogP) is 3.92. The van der Waals surface area contributed by atoms with E-state index < -0.39 is 0 Å². The highest BCUT2D eigenvalue weighted by atomic mass is 16.2. The van der Waals surface area contributed by atoms with E-state index in [1.165, 1.54) is 16.3 Å². The minimum atomic E-state index is -0.383. The van der Waals surface area contributed by atoms with Gasteiger partial charge in [0.2, 0.25) is 5.91 Å². The van der Waals surface area contributed by atoms with E-state index >= 15 is 0 Å². The van der Waals surface area contributed by atoms with Gasteiger partial charge < -0.3 is 10.2 Å². The number of amides is 1. The van der Waals surface area contributed by atoms with Crippen LogP contribution >= 0.6 is 0 Å². The molecule has 1 amide bonds. The molecule has 1 unspecified atom stereocenters. The Morgan fingerprint density at radius 2 is 1.96 bits per heavy atom. The first-order valence-electron chi connectivity index (χ1n) is 9.04. The Labute approximate surface area is 145 Å². The molecule has 0 aromatic heterocycles. The fourth-order valence-corrected chi connectivity index (χ4v) is 3.80. The van der Waals surface area contributed by atoms with Crippen molar-refractivity contribution in [1.82, 2.24) is 10.2 Å². The molecule has 1 fully saturated rings. The molecule has 1 N–H and O–H groups in total. The number of nitrogens with zero attached hydrogens (tertiary/aromatic N) is 1. The van der Waals surface area contributed by atoms with Gasteiger partial charge in [-0.15, -0.1) is 0 Å². The van der Waals surface area contributed by atoms with Crippen molar-refractivity contribution in [1.29, 1.82) is 0 Å². The van der Waals surface area contributed by atoms with Crippen LogP contribution in [0.15, 0.2) is 42.5 Å². The van der Waals surface area contributed by atoms with Crippen molar-refractivity contribution in [3.63, 3.8) is 0 Å². The van der Waals surface area contributed by atoms with Gasteiger partial charge in [0.15, 0.2) is 0 Å². The molecule has 1 aliphatic heterocycles. The second-order valence-electron chi connectivity index (χ2n) is 7.37. The van der Waals surface area contributed by atoms with Crippen LogP contribution in [0.25, 0.3) is 10.8 Å². The first-order valence-corrected chi connectivity index (χ1v) is 9.04. The molecule has 3 heteroatoms. The van der Waals surface area contributed by atoms with Gasteiger partial charge in [0, 0.05) is 6.54 Å². The number of carbonyl (C=O) groups is 1. The Morgan fingerprint density at radius 1 is 1.21 bits per heavy atom. The average Bonchev–Trinajstić information content (AvgIpc) is 2.61. The van der Waals surface area contributed by atoms with E-state index in [0.29, 0.717) is 0 Å². The summed E-state index contributed by atoms with van der Waals surface area (Å²) in [5, 5.41) is 5.74. The van der Waals surface area contributed by atoms with Crippen LogP contribution in [0.1, 0.15) is 39.2 Å². The smallest absolute Gasteiger partial charge is 0.225 e. The summed E-state index contributed by atoms with van der Waals surface area (Å²) in [7, 11) is 0. The summed E-state index contributed by atoms with van der Waals surface area (Å²) in [6.45, 7) is 9.40. The molecule has 0 saturated carbocycles. The quantitative estimate of drug-likeness (QED) is 0.924. The number of nitrogens with one attached hydrogen (secondary N) is 1. The third-order valence-corrected chi connectivity index (χ3v) is 5.22. The average molecular weight is 324 g/mol. The molecule has 0 spiro atoms. The maximum absolute atomic E-state index is 12.8. The molecular formula is C21H28N2O. The number of rotatable bonds is 4. The van der Waals surface area contributed by atoms with E-state index in [0.717, 1.165) is 32.5 Å². The van der Waals surface area contributed by atoms with Gasteiger partial charge in [0.25, 0.3) is 0 Å². The highest BCUT2D eigenvalue weighted by Gasteiger charge is 2.30. The summed E-state index contributed by atoms with van der Waals surface area (Å²) >= 11 is 0. The lowest BCUT2D eigenvalue weighted by molar-refractivity contribution is -0.128. The van der Waals surface area contributed by atoms with Crippen LogP contribution in [0.2, 0.25) is 0 Å². The van der Waals surface area contributed by atoms with E-state index in [1.54, 1.807) is 0 Å². The van der Waals surface area contributed by atoms with Crippen LogP contribution in [-0.2, 0) is 10.3 Å². The van der Waals surface area contributed by atoms with E-state index in [9.17, 15) is 4.79 Å². The molecule has 1 heterocycles. The number of likely N-dealkylation sites (tertiary alicyclic amines) is 1. The highest BCUT2D eigenvalue weighted by Crippen LogP contribution is 2.29. The van der Waals surface area contributed by atoms with Gasteiger partial charge in [-0.05, 0) is 56.1 Å². The number of fused-ring (bicyclic) bond motifs is 1. The second-order valence-corrected chi connectivity index (χ2v) is 7.37. The first-order chi connectivity index (χ1) is 11.5. The van der Waals surface area contributed by atoms with Crippen molar-refractivity contribution in [2.24, 2.45) is 5.92 Å². The van der Waals surface area contributed by atoms with Crippen molar-refractivity contribution in [2.45, 2.75) is 39.2 Å². The minimum Gasteiger partial charge on any atom is -0.347 e. The fourth-order valence-electron chi connectivity index (χ4n) is 3.80. The standard InChI is InChI=1S/C21H28N2O/c1-4-23-14-8-11-17(15-23)20(24)22-21(2,3)19-13-7-10-16-9-5-6-12-18(16)19/h5-7,9-10,12-13,17H,4,8,11,14-15H2,1-3H3,(H,22,24). The van der Waals surface area contributed by atoms with Gasteiger partial charge in [-0.3, -0.25) is 4.79 Å². The Morgan fingerprint density at radius 3 is 2.75 bits per heavy atom. The van der Waals surface area contributed by atoms with Crippen molar-refractivity contribution in [2.75, 3.05) is 19.6 Å². The zero-order valence-corrected chi connectivity index (χ0v) is 15.0. The molecule has 3 rings (SSSR count). The van der Waals surface area contributed by atoms with Gasteiger partial charge in [0.1, 0.15) is 0 Å². The van der Waals surface area contributed by atoms with Crippen molar-refractivity contribution >= 4 is 16.7 Å². The molecule has 0 bridgehead atoms. The van der Waals surface area contributed by atoms with Gasteiger partial charge in [0.05, 0.1) is 11.5 Å². The molecule has 2 aromatic carbocycles. The molecule has 1 saturated heterocycles. The topological polar surface area (TPSA) is 32.3 Å². The summed E-state index contributed by atoms with van der Waals surface area (Å²) in [5.41, 5.74) is 0.795. The number of piperidine rings is 1. The third kappa shape index (κ3) is 3.46. The summed E-state index contributed by atoms with van der Waals surface area (Å²) in [6, 6.07) is 14.7. The van der Waals surface area contributed by atoms with E-state index in [2.05, 4.69) is 73.5 Å². The van der Waals surface area contributed by atoms with Gasteiger partial charge >= 0.3 is 0 Å². The molecule has 0 radical (unpaired) electrons. The Hall–Kier alpha value is -1.87. The van der Waals surface area contributed by atoms with Gasteiger partial charge in [-0.25, -0.2) is 0 Å². The maximum atomic E-state index is 12.8. The molecular weight excluding hydrogens is 296 g/mol. The lowest BCUT2D eigenvalue weighted by Gasteiger charge is -2.34. The lowest BCUT2D eigenvalue weighted by Crippen LogP contribution is -2.48. The van der Waals surface area contributed by atoms with Crippen LogP contribution in [0, 0.1) is 5.92 Å². The predicted molar refractivity (Wildman–Crippen MR) is 100.0 cm³/mol. The van der Waals surface area contributed by atoms with Crippen LogP contribution in [0.3, 0.4) is 0 Å². The largest absolute Gasteiger partial charge is 0.347 e. The molecule has 0 aliphatic carbocycles. The van der Waals surface area contributed by atoms with E-state index in [-0.39, 0.29) is 17.4 Å². The molecule has 2 aromatic rings. The fraction of sp³-hybridized carbons (Fsp3) is 0.476. The number of hydrogen-bond acceptors (Lipinski definition) is 2.